The van der Waals surface area contributed by atoms with Crippen molar-refractivity contribution in [3.63, 3.8) is 0 Å². The first-order valence-corrected chi connectivity index (χ1v) is 14.5. The van der Waals surface area contributed by atoms with Crippen molar-refractivity contribution < 1.29 is 42.1 Å². The zero-order valence-electron chi connectivity index (χ0n) is 24.4. The van der Waals surface area contributed by atoms with Gasteiger partial charge in [0.25, 0.3) is 0 Å². The van der Waals surface area contributed by atoms with Crippen LogP contribution < -0.4 is 4.74 Å². The molecule has 0 radical (unpaired) electrons. The first-order chi connectivity index (χ1) is 19.9. The Labute approximate surface area is 244 Å². The van der Waals surface area contributed by atoms with Crippen LogP contribution in [0.25, 0.3) is 0 Å². The molecule has 1 aliphatic carbocycles. The maximum atomic E-state index is 14.3. The molecule has 2 aromatic rings. The van der Waals surface area contributed by atoms with E-state index in [0.29, 0.717) is 30.2 Å². The van der Waals surface area contributed by atoms with Crippen LogP contribution in [-0.2, 0) is 27.1 Å². The van der Waals surface area contributed by atoms with Crippen LogP contribution in [0.1, 0.15) is 99.9 Å². The topological polar surface area (TPSA) is 98.2 Å². The maximum Gasteiger partial charge on any atom is 0.416 e. The van der Waals surface area contributed by atoms with E-state index in [9.17, 15) is 27.9 Å². The largest absolute Gasteiger partial charge is 0.481 e. The Hall–Kier alpha value is -3.34. The van der Waals surface area contributed by atoms with Crippen LogP contribution in [0.15, 0.2) is 36.5 Å². The second-order valence-electron chi connectivity index (χ2n) is 11.4. The quantitative estimate of drug-likeness (QED) is 0.293. The van der Waals surface area contributed by atoms with Gasteiger partial charge in [-0.1, -0.05) is 44.4 Å². The molecule has 0 spiro atoms. The number of alkyl halides is 3. The fourth-order valence-electron chi connectivity index (χ4n) is 5.98. The number of carboxylic acids is 1. The van der Waals surface area contributed by atoms with E-state index in [1.54, 1.807) is 20.0 Å². The third-order valence-corrected chi connectivity index (χ3v) is 8.26. The molecule has 4 rings (SSSR count). The number of nitrogens with zero attached hydrogens (tertiary/aromatic N) is 2. The van der Waals surface area contributed by atoms with Gasteiger partial charge in [0.05, 0.1) is 37.5 Å². The van der Waals surface area contributed by atoms with Crippen molar-refractivity contribution >= 4 is 12.1 Å². The van der Waals surface area contributed by atoms with Gasteiger partial charge in [-0.2, -0.15) is 13.2 Å². The number of aromatic nitrogens is 1. The number of benzene rings is 1. The molecular formula is C31H39F3N2O6. The Morgan fingerprint density at radius 1 is 1.21 bits per heavy atom. The number of hydrogen-bond acceptors (Lipinski definition) is 6. The summed E-state index contributed by atoms with van der Waals surface area (Å²) in [5.74, 6) is -0.631. The number of unbranched alkanes of at least 4 members (excludes halogenated alkanes) is 1. The molecule has 1 amide bonds. The van der Waals surface area contributed by atoms with E-state index >= 15 is 0 Å². The molecule has 1 aliphatic heterocycles. The van der Waals surface area contributed by atoms with Crippen molar-refractivity contribution in [1.82, 2.24) is 9.88 Å². The molecule has 11 heteroatoms. The number of methoxy groups -OCH3 is 1. The molecule has 1 saturated heterocycles. The predicted octanol–water partition coefficient (Wildman–Crippen LogP) is 7.27. The van der Waals surface area contributed by atoms with Gasteiger partial charge in [-0.15, -0.1) is 0 Å². The third-order valence-electron chi connectivity index (χ3n) is 8.26. The summed E-state index contributed by atoms with van der Waals surface area (Å²) < 4.78 is 60.2. The number of carbonyl (C=O) groups excluding carboxylic acids is 1. The summed E-state index contributed by atoms with van der Waals surface area (Å²) in [4.78, 5) is 32.0. The number of likely N-dealkylation sites (tertiary alicyclic amines) is 1. The van der Waals surface area contributed by atoms with Crippen molar-refractivity contribution in [2.75, 3.05) is 7.11 Å². The third kappa shape index (κ3) is 6.35. The molecule has 1 aromatic carbocycles. The van der Waals surface area contributed by atoms with Crippen LogP contribution in [-0.4, -0.2) is 51.9 Å². The summed E-state index contributed by atoms with van der Waals surface area (Å²) >= 11 is 0. The molecule has 3 unspecified atom stereocenters. The summed E-state index contributed by atoms with van der Waals surface area (Å²) in [5, 5.41) is 10.6. The van der Waals surface area contributed by atoms with Crippen molar-refractivity contribution in [3.8, 4) is 5.88 Å². The summed E-state index contributed by atoms with van der Waals surface area (Å²) in [5.41, 5.74) is -1.43. The lowest BCUT2D eigenvalue weighted by molar-refractivity contribution is -0.150. The Kier molecular flexibility index (Phi) is 9.70. The molecule has 1 saturated carbocycles. The van der Waals surface area contributed by atoms with E-state index in [0.717, 1.165) is 35.8 Å². The molecular weight excluding hydrogens is 553 g/mol. The summed E-state index contributed by atoms with van der Waals surface area (Å²) in [6.07, 6.45) is -1.65. The highest BCUT2D eigenvalue weighted by molar-refractivity contribution is 5.86. The van der Waals surface area contributed by atoms with E-state index in [1.807, 2.05) is 13.0 Å². The lowest BCUT2D eigenvalue weighted by Gasteiger charge is -2.38. The van der Waals surface area contributed by atoms with Gasteiger partial charge in [-0.05, 0) is 62.3 Å². The number of halogens is 3. The Balaban J connectivity index is 1.82. The van der Waals surface area contributed by atoms with Gasteiger partial charge in [-0.3, -0.25) is 4.90 Å². The van der Waals surface area contributed by atoms with E-state index in [-0.39, 0.29) is 25.0 Å². The first-order valence-electron chi connectivity index (χ1n) is 14.5. The van der Waals surface area contributed by atoms with Gasteiger partial charge in [0.2, 0.25) is 5.88 Å². The van der Waals surface area contributed by atoms with Gasteiger partial charge in [0, 0.05) is 18.2 Å². The molecule has 1 N–H and O–H groups in total. The fraction of sp³-hybridized carbons (Fsp3) is 0.581. The number of aliphatic carboxylic acids is 1. The van der Waals surface area contributed by atoms with Crippen LogP contribution in [0.3, 0.4) is 0 Å². The highest BCUT2D eigenvalue weighted by Gasteiger charge is 2.60. The average molecular weight is 593 g/mol. The SMILES string of the molecule is CCCCC1(C(=O)O)CC(OCc2cc(C3CCC3)cnc2OC)C(c2ccccc2C(F)(F)F)N1C(=O)OC(C)C. The van der Waals surface area contributed by atoms with Crippen molar-refractivity contribution in [1.29, 1.82) is 0 Å². The van der Waals surface area contributed by atoms with Gasteiger partial charge in [-0.25, -0.2) is 14.6 Å². The van der Waals surface area contributed by atoms with Crippen LogP contribution in [0.5, 0.6) is 5.88 Å². The molecule has 2 aliphatic rings. The normalized spacial score (nSPS) is 22.7. The maximum absolute atomic E-state index is 14.3. The predicted molar refractivity (Wildman–Crippen MR) is 148 cm³/mol. The second-order valence-corrected chi connectivity index (χ2v) is 11.4. The van der Waals surface area contributed by atoms with E-state index in [1.165, 1.54) is 25.3 Å². The molecule has 1 aromatic heterocycles. The molecule has 8 nitrogen and oxygen atoms in total. The zero-order valence-corrected chi connectivity index (χ0v) is 24.4. The lowest BCUT2D eigenvalue weighted by Crippen LogP contribution is -2.54. The lowest BCUT2D eigenvalue weighted by atomic mass is 9.80. The first kappa shape index (κ1) is 31.6. The summed E-state index contributed by atoms with van der Waals surface area (Å²) in [6, 6.07) is 5.45. The molecule has 0 bridgehead atoms. The second kappa shape index (κ2) is 12.9. The van der Waals surface area contributed by atoms with Crippen LogP contribution in [0, 0.1) is 0 Å². The summed E-state index contributed by atoms with van der Waals surface area (Å²) in [6.45, 7) is 4.98. The van der Waals surface area contributed by atoms with Gasteiger partial charge < -0.3 is 19.3 Å². The molecule has 2 fully saturated rings. The van der Waals surface area contributed by atoms with Gasteiger partial charge >= 0.3 is 18.2 Å². The van der Waals surface area contributed by atoms with E-state index < -0.39 is 47.6 Å². The number of ether oxygens (including phenoxy) is 3. The van der Waals surface area contributed by atoms with Crippen molar-refractivity contribution in [3.05, 3.63) is 58.8 Å². The van der Waals surface area contributed by atoms with Crippen LogP contribution in [0.2, 0.25) is 0 Å². The Morgan fingerprint density at radius 3 is 2.50 bits per heavy atom. The number of hydrogen-bond donors (Lipinski definition) is 1. The number of pyridine rings is 1. The highest BCUT2D eigenvalue weighted by atomic mass is 19.4. The van der Waals surface area contributed by atoms with Crippen molar-refractivity contribution in [2.45, 2.75) is 108 Å². The average Bonchev–Trinajstić information content (AvgIpc) is 3.24. The zero-order chi connectivity index (χ0) is 30.7. The minimum Gasteiger partial charge on any atom is -0.481 e. The molecule has 230 valence electrons. The minimum atomic E-state index is -4.75. The minimum absolute atomic E-state index is 0.0264. The van der Waals surface area contributed by atoms with Gasteiger partial charge in [0.15, 0.2) is 0 Å². The van der Waals surface area contributed by atoms with Crippen LogP contribution in [0.4, 0.5) is 18.0 Å². The number of amides is 1. The highest BCUT2D eigenvalue weighted by Crippen LogP contribution is 2.50. The summed E-state index contributed by atoms with van der Waals surface area (Å²) in [7, 11) is 1.47. The fourth-order valence-corrected chi connectivity index (χ4v) is 5.98. The Morgan fingerprint density at radius 2 is 1.93 bits per heavy atom. The monoisotopic (exact) mass is 592 g/mol. The molecule has 42 heavy (non-hydrogen) atoms. The number of carbonyl (C=O) groups is 2. The van der Waals surface area contributed by atoms with Crippen molar-refractivity contribution in [2.24, 2.45) is 0 Å². The number of carboxylic acid groups (broad SMARTS) is 1. The Bertz CT molecular complexity index is 1270. The smallest absolute Gasteiger partial charge is 0.416 e. The van der Waals surface area contributed by atoms with E-state index in [4.69, 9.17) is 14.2 Å². The molecule has 2 heterocycles. The standard InChI is InChI=1S/C31H39F3N2O6/c1-5-6-14-30(28(37)38)16-25(41-18-22-15-21(20-10-9-11-20)17-35-27(22)40-4)26(36(30)29(39)42-19(2)3)23-12-7-8-13-24(23)31(32,33)34/h7-8,12-13,15,17,19-20,25-26H,5-6,9-11,14,16,18H2,1-4H3,(H,37,38). The number of rotatable bonds is 11. The van der Waals surface area contributed by atoms with Gasteiger partial charge in [0.1, 0.15) is 5.54 Å². The van der Waals surface area contributed by atoms with Crippen LogP contribution >= 0.6 is 0 Å². The molecule has 3 atom stereocenters. The van der Waals surface area contributed by atoms with E-state index in [2.05, 4.69) is 4.98 Å².